The van der Waals surface area contributed by atoms with E-state index in [0.717, 1.165) is 30.6 Å². The highest BCUT2D eigenvalue weighted by Crippen LogP contribution is 2.46. The zero-order chi connectivity index (χ0) is 18.3. The summed E-state index contributed by atoms with van der Waals surface area (Å²) >= 11 is 0. The average Bonchev–Trinajstić information content (AvgIpc) is 3.12. The summed E-state index contributed by atoms with van der Waals surface area (Å²) in [5, 5.41) is 6.99. The van der Waals surface area contributed by atoms with Crippen LogP contribution in [-0.2, 0) is 22.1 Å². The van der Waals surface area contributed by atoms with Crippen LogP contribution in [0.15, 0.2) is 36.5 Å². The maximum atomic E-state index is 13.1. The minimum absolute atomic E-state index is 0.104. The summed E-state index contributed by atoms with van der Waals surface area (Å²) in [6.45, 7) is 1.65. The summed E-state index contributed by atoms with van der Waals surface area (Å²) < 4.78 is 1.65. The fourth-order valence-electron chi connectivity index (χ4n) is 4.26. The molecule has 1 spiro atoms. The number of likely N-dealkylation sites (N-methyl/N-ethyl adjacent to an activating group) is 1. The molecule has 136 valence electrons. The number of nitrogens with zero attached hydrogens (tertiary/aromatic N) is 4. The van der Waals surface area contributed by atoms with Gasteiger partial charge in [0, 0.05) is 38.6 Å². The monoisotopic (exact) mass is 353 g/mol. The largest absolute Gasteiger partial charge is 0.314 e. The maximum absolute atomic E-state index is 13.1. The van der Waals surface area contributed by atoms with Crippen LogP contribution < -0.4 is 10.2 Å². The van der Waals surface area contributed by atoms with Gasteiger partial charge in [0.05, 0.1) is 12.0 Å². The molecule has 1 atom stereocenters. The van der Waals surface area contributed by atoms with E-state index >= 15 is 0 Å². The molecule has 0 bridgehead atoms. The first-order valence-corrected chi connectivity index (χ1v) is 8.89. The van der Waals surface area contributed by atoms with Gasteiger partial charge in [0.25, 0.3) is 0 Å². The topological polar surface area (TPSA) is 70.5 Å². The van der Waals surface area contributed by atoms with Crippen molar-refractivity contribution in [2.24, 2.45) is 7.05 Å². The lowest BCUT2D eigenvalue weighted by molar-refractivity contribution is -0.126. The summed E-state index contributed by atoms with van der Waals surface area (Å²) in [7, 11) is 3.65. The third-order valence-electron chi connectivity index (χ3n) is 5.41. The molecule has 26 heavy (non-hydrogen) atoms. The van der Waals surface area contributed by atoms with Crippen LogP contribution in [0.2, 0.25) is 0 Å². The zero-order valence-electron chi connectivity index (χ0n) is 15.1. The van der Waals surface area contributed by atoms with Gasteiger partial charge >= 0.3 is 0 Å². The van der Waals surface area contributed by atoms with Gasteiger partial charge in [0.2, 0.25) is 11.8 Å². The quantitative estimate of drug-likeness (QED) is 0.905. The fraction of sp³-hybridized carbons (Fsp3) is 0.421. The average molecular weight is 353 g/mol. The van der Waals surface area contributed by atoms with Crippen molar-refractivity contribution in [2.45, 2.75) is 18.3 Å². The number of piperidine rings is 1. The molecule has 1 aromatic heterocycles. The van der Waals surface area contributed by atoms with Crippen LogP contribution in [0.3, 0.4) is 0 Å². The number of benzene rings is 1. The number of hydrogen-bond acceptors (Lipinski definition) is 4. The second-order valence-electron chi connectivity index (χ2n) is 7.20. The van der Waals surface area contributed by atoms with Gasteiger partial charge in [-0.1, -0.05) is 18.2 Å². The number of carbonyl (C=O) groups excluding carboxylic acids is 2. The second-order valence-corrected chi connectivity index (χ2v) is 7.20. The zero-order valence-corrected chi connectivity index (χ0v) is 15.1. The van der Waals surface area contributed by atoms with E-state index in [1.54, 1.807) is 21.8 Å². The van der Waals surface area contributed by atoms with E-state index in [2.05, 4.69) is 15.3 Å². The molecule has 1 aromatic carbocycles. The fourth-order valence-corrected chi connectivity index (χ4v) is 4.26. The number of aryl methyl sites for hydroxylation is 1. The molecule has 0 saturated carbocycles. The first kappa shape index (κ1) is 16.8. The Hall–Kier alpha value is -2.67. The van der Waals surface area contributed by atoms with E-state index in [9.17, 15) is 9.59 Å². The molecule has 4 rings (SSSR count). The minimum Gasteiger partial charge on any atom is -0.314 e. The minimum atomic E-state index is -0.533. The maximum Gasteiger partial charge on any atom is 0.239 e. The van der Waals surface area contributed by atoms with Crippen LogP contribution in [0.25, 0.3) is 0 Å². The predicted molar refractivity (Wildman–Crippen MR) is 99.0 cm³/mol. The van der Waals surface area contributed by atoms with Crippen LogP contribution in [0.1, 0.15) is 18.4 Å². The SMILES string of the molecule is CN1C(=O)C2(CCCN(CC(=O)Nc3ccn(C)n3)C2)c2ccccc21. The Morgan fingerprint density at radius 1 is 1.27 bits per heavy atom. The van der Waals surface area contributed by atoms with Crippen LogP contribution >= 0.6 is 0 Å². The van der Waals surface area contributed by atoms with Crippen molar-refractivity contribution >= 4 is 23.3 Å². The molecule has 0 radical (unpaired) electrons. The number of aromatic nitrogens is 2. The second kappa shape index (κ2) is 6.25. The Balaban J connectivity index is 1.51. The Bertz CT molecular complexity index is 861. The van der Waals surface area contributed by atoms with E-state index in [1.165, 1.54) is 0 Å². The van der Waals surface area contributed by atoms with Gasteiger partial charge in [-0.05, 0) is 31.0 Å². The summed E-state index contributed by atoms with van der Waals surface area (Å²) in [6.07, 6.45) is 3.51. The van der Waals surface area contributed by atoms with E-state index in [0.29, 0.717) is 12.4 Å². The molecular weight excluding hydrogens is 330 g/mol. The molecule has 2 aromatic rings. The molecule has 2 amide bonds. The van der Waals surface area contributed by atoms with Crippen molar-refractivity contribution in [1.82, 2.24) is 14.7 Å². The molecule has 1 unspecified atom stereocenters. The first-order chi connectivity index (χ1) is 12.5. The molecule has 1 N–H and O–H groups in total. The van der Waals surface area contributed by atoms with Gasteiger partial charge in [-0.2, -0.15) is 5.10 Å². The van der Waals surface area contributed by atoms with Gasteiger partial charge in [-0.25, -0.2) is 0 Å². The Labute approximate surface area is 152 Å². The molecule has 1 fully saturated rings. The molecule has 3 heterocycles. The summed E-state index contributed by atoms with van der Waals surface area (Å²) in [4.78, 5) is 29.3. The molecule has 7 heteroatoms. The molecule has 7 nitrogen and oxygen atoms in total. The number of carbonyl (C=O) groups is 2. The van der Waals surface area contributed by atoms with Gasteiger partial charge < -0.3 is 10.2 Å². The Morgan fingerprint density at radius 3 is 2.85 bits per heavy atom. The van der Waals surface area contributed by atoms with Crippen molar-refractivity contribution in [2.75, 3.05) is 36.9 Å². The van der Waals surface area contributed by atoms with Crippen molar-refractivity contribution in [1.29, 1.82) is 0 Å². The van der Waals surface area contributed by atoms with E-state index in [4.69, 9.17) is 0 Å². The van der Waals surface area contributed by atoms with Gasteiger partial charge in [-0.15, -0.1) is 0 Å². The third-order valence-corrected chi connectivity index (χ3v) is 5.41. The highest BCUT2D eigenvalue weighted by atomic mass is 16.2. The molecular formula is C19H23N5O2. The number of amides is 2. The standard InChI is InChI=1S/C19H23N5O2/c1-22-11-8-16(21-22)20-17(25)12-24-10-5-9-19(13-24)14-6-3-4-7-15(14)23(2)18(19)26/h3-4,6-8,11H,5,9-10,12-13H2,1-2H3,(H,20,21,25). The van der Waals surface area contributed by atoms with Gasteiger partial charge in [-0.3, -0.25) is 19.2 Å². The van der Waals surface area contributed by atoms with Crippen molar-refractivity contribution in [3.63, 3.8) is 0 Å². The van der Waals surface area contributed by atoms with Crippen molar-refractivity contribution in [3.8, 4) is 0 Å². The highest BCUT2D eigenvalue weighted by Gasteiger charge is 2.51. The van der Waals surface area contributed by atoms with E-state index in [-0.39, 0.29) is 18.4 Å². The summed E-state index contributed by atoms with van der Waals surface area (Å²) in [5.41, 5.74) is 1.54. The molecule has 2 aliphatic rings. The highest BCUT2D eigenvalue weighted by molar-refractivity contribution is 6.08. The Kier molecular flexibility index (Phi) is 4.03. The van der Waals surface area contributed by atoms with Crippen molar-refractivity contribution in [3.05, 3.63) is 42.1 Å². The number of likely N-dealkylation sites (tertiary alicyclic amines) is 1. The van der Waals surface area contributed by atoms with Gasteiger partial charge in [0.1, 0.15) is 0 Å². The normalized spacial score (nSPS) is 22.7. The number of hydrogen-bond donors (Lipinski definition) is 1. The lowest BCUT2D eigenvalue weighted by Crippen LogP contribution is -2.52. The summed E-state index contributed by atoms with van der Waals surface area (Å²) in [6, 6.07) is 9.76. The number of nitrogens with one attached hydrogen (secondary N) is 1. The Morgan fingerprint density at radius 2 is 2.08 bits per heavy atom. The lowest BCUT2D eigenvalue weighted by Gasteiger charge is -2.39. The number of para-hydroxylation sites is 1. The van der Waals surface area contributed by atoms with Crippen LogP contribution in [0, 0.1) is 0 Å². The van der Waals surface area contributed by atoms with Crippen LogP contribution in [0.4, 0.5) is 11.5 Å². The number of fused-ring (bicyclic) bond motifs is 2. The van der Waals surface area contributed by atoms with E-state index in [1.807, 2.05) is 38.4 Å². The molecule has 0 aliphatic carbocycles. The lowest BCUT2D eigenvalue weighted by atomic mass is 9.75. The van der Waals surface area contributed by atoms with E-state index < -0.39 is 5.41 Å². The van der Waals surface area contributed by atoms with Crippen LogP contribution in [0.5, 0.6) is 0 Å². The van der Waals surface area contributed by atoms with Crippen molar-refractivity contribution < 1.29 is 9.59 Å². The smallest absolute Gasteiger partial charge is 0.239 e. The first-order valence-electron chi connectivity index (χ1n) is 8.89. The number of rotatable bonds is 3. The van der Waals surface area contributed by atoms with Gasteiger partial charge in [0.15, 0.2) is 5.82 Å². The molecule has 2 aliphatic heterocycles. The molecule has 1 saturated heterocycles. The third kappa shape index (κ3) is 2.68. The number of anilines is 2. The van der Waals surface area contributed by atoms with Crippen LogP contribution in [-0.4, -0.2) is 53.2 Å². The summed E-state index contributed by atoms with van der Waals surface area (Å²) in [5.74, 6) is 0.576. The predicted octanol–water partition coefficient (Wildman–Crippen LogP) is 1.37.